The van der Waals surface area contributed by atoms with Gasteiger partial charge < -0.3 is 10.6 Å². The van der Waals surface area contributed by atoms with Gasteiger partial charge in [-0.05, 0) is 45.8 Å². The van der Waals surface area contributed by atoms with E-state index >= 15 is 0 Å². The van der Waals surface area contributed by atoms with Gasteiger partial charge in [0.15, 0.2) is 0 Å². The van der Waals surface area contributed by atoms with E-state index in [-0.39, 0.29) is 5.54 Å². The summed E-state index contributed by atoms with van der Waals surface area (Å²) < 4.78 is 0. The molecule has 16 heavy (non-hydrogen) atoms. The zero-order valence-electron chi connectivity index (χ0n) is 10.9. The standard InChI is InChI=1S/C13H27N3/c1-13(11-14,10-12-4-5-12)16-7-3-6-15(2)8-9-16/h12H,3-11,14H2,1-2H3. The van der Waals surface area contributed by atoms with Gasteiger partial charge in [-0.15, -0.1) is 0 Å². The van der Waals surface area contributed by atoms with E-state index in [2.05, 4.69) is 23.8 Å². The Labute approximate surface area is 100.0 Å². The van der Waals surface area contributed by atoms with Gasteiger partial charge in [-0.2, -0.15) is 0 Å². The van der Waals surface area contributed by atoms with Gasteiger partial charge in [0.1, 0.15) is 0 Å². The first-order valence-electron chi connectivity index (χ1n) is 6.78. The number of likely N-dealkylation sites (N-methyl/N-ethyl adjacent to an activating group) is 1. The minimum Gasteiger partial charge on any atom is -0.329 e. The topological polar surface area (TPSA) is 32.5 Å². The summed E-state index contributed by atoms with van der Waals surface area (Å²) in [6.45, 7) is 8.03. The van der Waals surface area contributed by atoms with E-state index in [1.54, 1.807) is 0 Å². The molecule has 2 aliphatic rings. The maximum Gasteiger partial charge on any atom is 0.0306 e. The highest BCUT2D eigenvalue weighted by molar-refractivity contribution is 4.93. The quantitative estimate of drug-likeness (QED) is 0.779. The third-order valence-electron chi connectivity index (χ3n) is 4.35. The van der Waals surface area contributed by atoms with Gasteiger partial charge in [-0.25, -0.2) is 0 Å². The molecule has 1 saturated heterocycles. The number of rotatable bonds is 4. The van der Waals surface area contributed by atoms with Crippen molar-refractivity contribution in [2.75, 3.05) is 39.8 Å². The van der Waals surface area contributed by atoms with Crippen molar-refractivity contribution in [3.63, 3.8) is 0 Å². The summed E-state index contributed by atoms with van der Waals surface area (Å²) in [6.07, 6.45) is 5.47. The molecule has 2 fully saturated rings. The fraction of sp³-hybridized carbons (Fsp3) is 1.00. The lowest BCUT2D eigenvalue weighted by atomic mass is 9.92. The van der Waals surface area contributed by atoms with E-state index in [0.717, 1.165) is 12.5 Å². The molecule has 1 aliphatic carbocycles. The van der Waals surface area contributed by atoms with Crippen LogP contribution in [-0.2, 0) is 0 Å². The van der Waals surface area contributed by atoms with E-state index in [4.69, 9.17) is 5.73 Å². The lowest BCUT2D eigenvalue weighted by Gasteiger charge is -2.40. The van der Waals surface area contributed by atoms with Gasteiger partial charge in [0.2, 0.25) is 0 Å². The molecular weight excluding hydrogens is 198 g/mol. The molecule has 0 aromatic heterocycles. The summed E-state index contributed by atoms with van der Waals surface area (Å²) in [6, 6.07) is 0. The van der Waals surface area contributed by atoms with Gasteiger partial charge >= 0.3 is 0 Å². The van der Waals surface area contributed by atoms with Crippen LogP contribution in [0.3, 0.4) is 0 Å². The molecule has 1 aliphatic heterocycles. The second-order valence-electron chi connectivity index (χ2n) is 5.99. The summed E-state index contributed by atoms with van der Waals surface area (Å²) in [5.41, 5.74) is 6.30. The SMILES string of the molecule is CN1CCCN(C(C)(CN)CC2CC2)CC1. The van der Waals surface area contributed by atoms with Crippen LogP contribution in [0.4, 0.5) is 0 Å². The summed E-state index contributed by atoms with van der Waals surface area (Å²) >= 11 is 0. The largest absolute Gasteiger partial charge is 0.329 e. The van der Waals surface area contributed by atoms with Crippen LogP contribution in [0.15, 0.2) is 0 Å². The Hall–Kier alpha value is -0.120. The van der Waals surface area contributed by atoms with Crippen molar-refractivity contribution in [2.24, 2.45) is 11.7 Å². The molecule has 3 heteroatoms. The Morgan fingerprint density at radius 3 is 2.56 bits per heavy atom. The first kappa shape index (κ1) is 12.3. The molecular formula is C13H27N3. The minimum absolute atomic E-state index is 0.256. The fourth-order valence-electron chi connectivity index (χ4n) is 2.87. The second kappa shape index (κ2) is 5.03. The Bertz CT molecular complexity index is 227. The Morgan fingerprint density at radius 1 is 1.19 bits per heavy atom. The third-order valence-corrected chi connectivity index (χ3v) is 4.35. The molecule has 2 rings (SSSR count). The highest BCUT2D eigenvalue weighted by atomic mass is 15.3. The molecule has 1 unspecified atom stereocenters. The maximum atomic E-state index is 6.04. The summed E-state index contributed by atoms with van der Waals surface area (Å²) in [4.78, 5) is 5.09. The number of nitrogens with two attached hydrogens (primary N) is 1. The van der Waals surface area contributed by atoms with Crippen molar-refractivity contribution in [1.82, 2.24) is 9.80 Å². The highest BCUT2D eigenvalue weighted by Gasteiger charge is 2.37. The van der Waals surface area contributed by atoms with Crippen LogP contribution >= 0.6 is 0 Å². The van der Waals surface area contributed by atoms with Crippen LogP contribution in [0.5, 0.6) is 0 Å². The van der Waals surface area contributed by atoms with Crippen molar-refractivity contribution < 1.29 is 0 Å². The van der Waals surface area contributed by atoms with Crippen LogP contribution in [-0.4, -0.2) is 55.1 Å². The predicted molar refractivity (Wildman–Crippen MR) is 68.5 cm³/mol. The average Bonchev–Trinajstić information content (AvgIpc) is 3.06. The average molecular weight is 225 g/mol. The van der Waals surface area contributed by atoms with Crippen molar-refractivity contribution in [3.05, 3.63) is 0 Å². The Morgan fingerprint density at radius 2 is 1.94 bits per heavy atom. The molecule has 0 aromatic carbocycles. The first-order valence-corrected chi connectivity index (χ1v) is 6.78. The molecule has 2 N–H and O–H groups in total. The third kappa shape index (κ3) is 2.96. The van der Waals surface area contributed by atoms with Crippen LogP contribution in [0.1, 0.15) is 32.6 Å². The molecule has 0 amide bonds. The Balaban J connectivity index is 1.95. The second-order valence-corrected chi connectivity index (χ2v) is 5.99. The van der Waals surface area contributed by atoms with Gasteiger partial charge in [0, 0.05) is 25.2 Å². The Kier molecular flexibility index (Phi) is 3.88. The molecule has 1 atom stereocenters. The van der Waals surface area contributed by atoms with E-state index in [1.165, 1.54) is 51.9 Å². The van der Waals surface area contributed by atoms with Gasteiger partial charge in [0.05, 0.1) is 0 Å². The van der Waals surface area contributed by atoms with E-state index in [9.17, 15) is 0 Å². The molecule has 0 radical (unpaired) electrons. The smallest absolute Gasteiger partial charge is 0.0306 e. The van der Waals surface area contributed by atoms with Crippen LogP contribution < -0.4 is 5.73 Å². The number of hydrogen-bond acceptors (Lipinski definition) is 3. The lowest BCUT2D eigenvalue weighted by Crippen LogP contribution is -2.53. The molecule has 0 aromatic rings. The zero-order valence-corrected chi connectivity index (χ0v) is 10.9. The highest BCUT2D eigenvalue weighted by Crippen LogP contribution is 2.38. The van der Waals surface area contributed by atoms with Crippen LogP contribution in [0.25, 0.3) is 0 Å². The minimum atomic E-state index is 0.256. The number of hydrogen-bond donors (Lipinski definition) is 1. The molecule has 3 nitrogen and oxygen atoms in total. The lowest BCUT2D eigenvalue weighted by molar-refractivity contribution is 0.101. The van der Waals surface area contributed by atoms with E-state index in [0.29, 0.717) is 0 Å². The summed E-state index contributed by atoms with van der Waals surface area (Å²) in [5, 5.41) is 0. The van der Waals surface area contributed by atoms with Crippen LogP contribution in [0.2, 0.25) is 0 Å². The van der Waals surface area contributed by atoms with Crippen molar-refractivity contribution in [1.29, 1.82) is 0 Å². The summed E-state index contributed by atoms with van der Waals surface area (Å²) in [7, 11) is 2.23. The van der Waals surface area contributed by atoms with Gasteiger partial charge in [-0.3, -0.25) is 4.90 Å². The van der Waals surface area contributed by atoms with Gasteiger partial charge in [-0.1, -0.05) is 12.8 Å². The molecule has 94 valence electrons. The molecule has 0 bridgehead atoms. The van der Waals surface area contributed by atoms with Gasteiger partial charge in [0.25, 0.3) is 0 Å². The van der Waals surface area contributed by atoms with Crippen molar-refractivity contribution in [3.8, 4) is 0 Å². The normalized spacial score (nSPS) is 28.7. The monoisotopic (exact) mass is 225 g/mol. The predicted octanol–water partition coefficient (Wildman–Crippen LogP) is 1.14. The summed E-state index contributed by atoms with van der Waals surface area (Å²) in [5.74, 6) is 0.967. The van der Waals surface area contributed by atoms with Crippen molar-refractivity contribution >= 4 is 0 Å². The number of nitrogens with zero attached hydrogens (tertiary/aromatic N) is 2. The van der Waals surface area contributed by atoms with Crippen LogP contribution in [0, 0.1) is 5.92 Å². The fourth-order valence-corrected chi connectivity index (χ4v) is 2.87. The molecule has 0 spiro atoms. The molecule has 1 heterocycles. The van der Waals surface area contributed by atoms with E-state index < -0.39 is 0 Å². The van der Waals surface area contributed by atoms with E-state index in [1.807, 2.05) is 0 Å². The molecule has 1 saturated carbocycles. The zero-order chi connectivity index (χ0) is 11.6. The van der Waals surface area contributed by atoms with Crippen molar-refractivity contribution in [2.45, 2.75) is 38.1 Å². The first-order chi connectivity index (χ1) is 7.64. The maximum absolute atomic E-state index is 6.04.